The zero-order valence-electron chi connectivity index (χ0n) is 25.2. The molecule has 0 saturated heterocycles. The molecular formula is H3Na3O41PW12. The molecule has 0 bridgehead atoms. The maximum absolute atomic E-state index is 11.7. The van der Waals surface area contributed by atoms with Gasteiger partial charge in [-0.1, -0.05) is 0 Å². The summed E-state index contributed by atoms with van der Waals surface area (Å²) in [6, 6.07) is 0. The Bertz CT molecular complexity index is 2730. The third kappa shape index (κ3) is 44.3. The molecule has 0 rings (SSSR count). The van der Waals surface area contributed by atoms with E-state index in [9.17, 15) is 85.3 Å². The molecule has 0 heterocycles. The predicted octanol–water partition coefficient (Wildman–Crippen LogP) is -16.8. The maximum atomic E-state index is 11.7. The van der Waals surface area contributed by atoms with Crippen molar-refractivity contribution in [2.24, 2.45) is 0 Å². The summed E-state index contributed by atoms with van der Waals surface area (Å²) in [4.78, 5) is 24.3. The van der Waals surface area contributed by atoms with Crippen LogP contribution in [0.5, 0.6) is 0 Å². The summed E-state index contributed by atoms with van der Waals surface area (Å²) in [5.74, 6) is 0. The van der Waals surface area contributed by atoms with Gasteiger partial charge in [-0.25, -0.2) is 0 Å². The summed E-state index contributed by atoms with van der Waals surface area (Å²) >= 11 is -95.4. The van der Waals surface area contributed by atoms with Crippen LogP contribution in [0, 0.1) is 0 Å². The Labute approximate surface area is 421 Å². The first-order chi connectivity index (χ1) is 22.5. The molecule has 41 nitrogen and oxygen atoms in total. The molecule has 0 atom stereocenters. The molecule has 0 aromatic carbocycles. The van der Waals surface area contributed by atoms with Crippen molar-refractivity contribution in [1.82, 2.24) is 0 Å². The summed E-state index contributed by atoms with van der Waals surface area (Å²) in [5, 5.41) is 0. The van der Waals surface area contributed by atoms with Gasteiger partial charge in [-0.2, -0.15) is 0 Å². The van der Waals surface area contributed by atoms with Gasteiger partial charge in [-0.15, -0.1) is 0 Å². The van der Waals surface area contributed by atoms with Crippen molar-refractivity contribution in [1.29, 1.82) is 0 Å². The number of phosphoric acid groups is 1. The Balaban J connectivity index is -0.000000676. The second-order valence-corrected chi connectivity index (χ2v) is 90.0. The van der Waals surface area contributed by atoms with E-state index in [1.165, 1.54) is 0 Å². The Morgan fingerprint density at radius 1 is 0.368 bits per heavy atom. The minimum absolute atomic E-state index is 0. The average molecular weight is 2970 g/mol. The first-order valence-corrected chi connectivity index (χ1v) is 66.4. The molecule has 0 aromatic heterocycles. The second-order valence-electron chi connectivity index (χ2n) is 5.91. The molecule has 0 aliphatic rings. The van der Waals surface area contributed by atoms with Crippen LogP contribution in [0.25, 0.3) is 0 Å². The van der Waals surface area contributed by atoms with Crippen LogP contribution in [-0.4, -0.2) is 10.4 Å². The Morgan fingerprint density at radius 3 is 0.614 bits per heavy atom. The van der Waals surface area contributed by atoms with E-state index in [0.29, 0.717) is 0 Å². The van der Waals surface area contributed by atoms with Gasteiger partial charge in [0.2, 0.25) is 0 Å². The van der Waals surface area contributed by atoms with Gasteiger partial charge in [0, 0.05) is 0 Å². The van der Waals surface area contributed by atoms with Crippen LogP contribution in [0.15, 0.2) is 0 Å². The molecule has 0 amide bonds. The number of hydrogen-bond acceptors (Lipinski definition) is 39. The third-order valence-corrected chi connectivity index (χ3v) is 121. The molecule has 0 spiro atoms. The van der Waals surface area contributed by atoms with Gasteiger partial charge in [0.25, 0.3) is 0 Å². The quantitative estimate of drug-likeness (QED) is 0.0777. The summed E-state index contributed by atoms with van der Waals surface area (Å²) in [7, 11) is -5.14. The molecule has 0 fully saturated rings. The van der Waals surface area contributed by atoms with Crippen LogP contribution in [0.2, 0.25) is 0 Å². The summed E-state index contributed by atoms with van der Waals surface area (Å²) < 4.78 is 323. The van der Waals surface area contributed by atoms with E-state index in [0.717, 1.165) is 0 Å². The van der Waals surface area contributed by atoms with Crippen molar-refractivity contribution in [3.8, 4) is 0 Å². The molecule has 0 radical (unpaired) electrons. The molecule has 329 valence electrons. The Morgan fingerprint density at radius 2 is 0.491 bits per heavy atom. The minimum atomic E-state index is -8.50. The topological polar surface area (TPSA) is 649 Å². The fraction of sp³-hybridized carbons (Fsp3) is 0. The zero-order valence-corrected chi connectivity index (χ0v) is 67.3. The Kier molecular flexibility index (Phi) is 35.7. The van der Waals surface area contributed by atoms with Crippen molar-refractivity contribution in [2.75, 3.05) is 0 Å². The van der Waals surface area contributed by atoms with Gasteiger partial charge in [0.05, 0.1) is 7.82 Å². The van der Waals surface area contributed by atoms with Crippen LogP contribution in [0.4, 0.5) is 0 Å². The summed E-state index contributed by atoms with van der Waals surface area (Å²) in [6.07, 6.45) is 0. The van der Waals surface area contributed by atoms with E-state index >= 15 is 0 Å². The molecule has 0 aliphatic heterocycles. The summed E-state index contributed by atoms with van der Waals surface area (Å²) in [6.45, 7) is 0. The Hall–Kier alpha value is 6.05. The zero-order chi connectivity index (χ0) is 43.4. The van der Waals surface area contributed by atoms with Crippen molar-refractivity contribution in [2.45, 2.75) is 0 Å². The number of hydrogen-bond donors (Lipinski definition) is 1. The van der Waals surface area contributed by atoms with Crippen molar-refractivity contribution in [3.05, 3.63) is 0 Å². The van der Waals surface area contributed by atoms with Gasteiger partial charge >= 0.3 is 398 Å². The standard InChI is InChI=1S/3Na.H3O4P.H2O.36O.12W/c;;;1-5(2,3)4;;;;;;;;;;;;;;;;;;;;;;;;;;;;;;;;;;;;;;;;;;;;;;;;;/h;;;(H3,1,2,3,4);1H2;;;;;;;;;;;;;;;;;;;;;;;;;;;;;;;;;;;;;;;;;;;;;;;;/q3*+1;;;;;;;;;;;;;;;;;;;;;;;;;;;;;;;;;;;;;;-1;;;;;;;;;;;;/p-2. The molecule has 0 saturated carbocycles. The second kappa shape index (κ2) is 27.3. The SMILES string of the molecule is O.O=P([O-])([O-])O.[Na+].[Na+].[Na+].[O]=[W](=[O])[O][W](=[O])(=[O])[O][W](=[O])(=[O])[O][W](=[O])(=[O])[O][W](=[O])(=[O])[O][W](=[O])(=[O])[O][W](=[O])(=[O])[O][W](=[O])(=[O])[O][W](=[O])(=[O])[O][W](=[O])(=[O])[O][W](=[O])(=[O])[O][W](=[O])(=[O])[O-]. The van der Waals surface area contributed by atoms with Crippen LogP contribution in [0.1, 0.15) is 0 Å². The van der Waals surface area contributed by atoms with Gasteiger partial charge in [0.15, 0.2) is 0 Å². The molecule has 0 aromatic rings. The van der Waals surface area contributed by atoms with Gasteiger partial charge in [-0.3, -0.25) is 0 Å². The van der Waals surface area contributed by atoms with Crippen LogP contribution in [0.3, 0.4) is 0 Å². The molecule has 57 heavy (non-hydrogen) atoms. The van der Waals surface area contributed by atoms with Gasteiger partial charge in [-0.05, 0) is 0 Å². The summed E-state index contributed by atoms with van der Waals surface area (Å²) in [5.41, 5.74) is 0. The van der Waals surface area contributed by atoms with Crippen LogP contribution in [-0.2, 0) is 310 Å². The third-order valence-electron chi connectivity index (χ3n) is 1.81. The molecule has 0 aliphatic carbocycles. The fourth-order valence-electron chi connectivity index (χ4n) is 1.20. The van der Waals surface area contributed by atoms with Gasteiger partial charge in [0.1, 0.15) is 0 Å². The van der Waals surface area contributed by atoms with Crippen molar-refractivity contribution < 1.29 is 423 Å². The van der Waals surface area contributed by atoms with Crippen LogP contribution < -0.4 is 102 Å². The normalized spacial score (nSPS) is 13.8. The molecule has 57 heteroatoms. The van der Waals surface area contributed by atoms with Crippen LogP contribution >= 0.6 is 7.82 Å². The first-order valence-electron chi connectivity index (χ1n) is 8.58. The predicted molar refractivity (Wildman–Crippen MR) is 41.9 cm³/mol. The average Bonchev–Trinajstić information content (AvgIpc) is 2.58. The van der Waals surface area contributed by atoms with E-state index in [4.69, 9.17) is 19.2 Å². The molecule has 0 unspecified atom stereocenters. The van der Waals surface area contributed by atoms with E-state index in [2.05, 4.69) is 22.5 Å². The van der Waals surface area contributed by atoms with Gasteiger partial charge < -0.3 is 24.7 Å². The first kappa shape index (κ1) is 74.6. The van der Waals surface area contributed by atoms with E-state index in [1.54, 1.807) is 0 Å². The van der Waals surface area contributed by atoms with Crippen molar-refractivity contribution >= 4 is 7.82 Å². The van der Waals surface area contributed by atoms with E-state index in [1.807, 2.05) is 0 Å². The van der Waals surface area contributed by atoms with E-state index in [-0.39, 0.29) is 94.1 Å². The number of rotatable bonds is 22. The molecule has 3 N–H and O–H groups in total. The van der Waals surface area contributed by atoms with Crippen molar-refractivity contribution in [3.63, 3.8) is 0 Å². The fourth-order valence-corrected chi connectivity index (χ4v) is 135. The van der Waals surface area contributed by atoms with E-state index < -0.39 is 210 Å². The monoisotopic (exact) mass is 2970 g/mol. The molecular weight excluding hydrogens is 2960 g/mol.